The first-order valence-electron chi connectivity index (χ1n) is 6.68. The highest BCUT2D eigenvalue weighted by molar-refractivity contribution is 7.93. The third-order valence-electron chi connectivity index (χ3n) is 3.57. The third kappa shape index (κ3) is 2.61. The van der Waals surface area contributed by atoms with Gasteiger partial charge in [-0.2, -0.15) is 0 Å². The van der Waals surface area contributed by atoms with E-state index in [0.29, 0.717) is 21.3 Å². The SMILES string of the molecule is CC1C(=O)Nc2ccc(Cl)cc2N1S(=O)(=O)c1ccsc1CO. The van der Waals surface area contributed by atoms with Gasteiger partial charge in [-0.3, -0.25) is 9.10 Å². The molecule has 0 fully saturated rings. The molecule has 1 aliphatic heterocycles. The van der Waals surface area contributed by atoms with Crippen LogP contribution in [0.2, 0.25) is 5.02 Å². The van der Waals surface area contributed by atoms with Crippen LogP contribution >= 0.6 is 22.9 Å². The summed E-state index contributed by atoms with van der Waals surface area (Å²) in [4.78, 5) is 12.4. The first-order valence-corrected chi connectivity index (χ1v) is 9.38. The normalized spacial score (nSPS) is 17.8. The number of nitrogens with zero attached hydrogens (tertiary/aromatic N) is 1. The third-order valence-corrected chi connectivity index (χ3v) is 6.81. The Morgan fingerprint density at radius 1 is 1.39 bits per heavy atom. The number of aliphatic hydroxyl groups is 1. The second-order valence-corrected chi connectivity index (χ2v) is 8.21. The number of hydrogen-bond donors (Lipinski definition) is 2. The number of aliphatic hydroxyl groups excluding tert-OH is 1. The highest BCUT2D eigenvalue weighted by Gasteiger charge is 2.39. The van der Waals surface area contributed by atoms with E-state index >= 15 is 0 Å². The Bertz CT molecular complexity index is 879. The number of nitrogens with one attached hydrogen (secondary N) is 1. The first kappa shape index (κ1) is 16.3. The number of rotatable bonds is 3. The van der Waals surface area contributed by atoms with E-state index in [1.165, 1.54) is 19.1 Å². The summed E-state index contributed by atoms with van der Waals surface area (Å²) in [5.41, 5.74) is 0.682. The van der Waals surface area contributed by atoms with Crippen LogP contribution in [-0.2, 0) is 21.4 Å². The maximum absolute atomic E-state index is 13.1. The quantitative estimate of drug-likeness (QED) is 0.866. The van der Waals surface area contributed by atoms with E-state index in [1.807, 2.05) is 0 Å². The minimum Gasteiger partial charge on any atom is -0.391 e. The number of sulfonamides is 1. The molecule has 1 unspecified atom stereocenters. The molecule has 1 atom stereocenters. The van der Waals surface area contributed by atoms with Crippen LogP contribution in [0.25, 0.3) is 0 Å². The minimum atomic E-state index is -4.01. The number of carbonyl (C=O) groups is 1. The Kier molecular flexibility index (Phi) is 4.09. The van der Waals surface area contributed by atoms with Crippen molar-refractivity contribution < 1.29 is 18.3 Å². The number of anilines is 2. The van der Waals surface area contributed by atoms with Gasteiger partial charge in [-0.15, -0.1) is 11.3 Å². The number of thiophene rings is 1. The Morgan fingerprint density at radius 3 is 2.83 bits per heavy atom. The molecular weight excluding hydrogens is 360 g/mol. The fraction of sp³-hybridized carbons (Fsp3) is 0.214. The van der Waals surface area contributed by atoms with Gasteiger partial charge in [0.15, 0.2) is 0 Å². The summed E-state index contributed by atoms with van der Waals surface area (Å²) < 4.78 is 27.2. The maximum Gasteiger partial charge on any atom is 0.266 e. The van der Waals surface area contributed by atoms with Gasteiger partial charge in [0.25, 0.3) is 10.0 Å². The molecule has 9 heteroatoms. The van der Waals surface area contributed by atoms with Crippen molar-refractivity contribution >= 4 is 50.2 Å². The van der Waals surface area contributed by atoms with Gasteiger partial charge in [-0.05, 0) is 36.6 Å². The number of carbonyl (C=O) groups excluding carboxylic acids is 1. The van der Waals surface area contributed by atoms with Gasteiger partial charge in [0, 0.05) is 5.02 Å². The van der Waals surface area contributed by atoms with E-state index in [2.05, 4.69) is 5.32 Å². The zero-order valence-electron chi connectivity index (χ0n) is 12.0. The molecule has 2 aromatic rings. The predicted molar refractivity (Wildman–Crippen MR) is 89.5 cm³/mol. The molecule has 1 amide bonds. The second kappa shape index (κ2) is 5.79. The molecule has 2 N–H and O–H groups in total. The van der Waals surface area contributed by atoms with Crippen LogP contribution in [-0.4, -0.2) is 25.5 Å². The summed E-state index contributed by atoms with van der Waals surface area (Å²) >= 11 is 7.13. The van der Waals surface area contributed by atoms with Crippen molar-refractivity contribution in [2.45, 2.75) is 24.5 Å². The Balaban J connectivity index is 2.22. The van der Waals surface area contributed by atoms with Gasteiger partial charge in [0.2, 0.25) is 5.91 Å². The fourth-order valence-corrected chi connectivity index (χ4v) is 5.53. The van der Waals surface area contributed by atoms with Crippen molar-refractivity contribution in [3.63, 3.8) is 0 Å². The molecule has 0 spiro atoms. The number of benzene rings is 1. The van der Waals surface area contributed by atoms with Crippen molar-refractivity contribution in [3.05, 3.63) is 39.5 Å². The van der Waals surface area contributed by atoms with Crippen molar-refractivity contribution in [1.29, 1.82) is 0 Å². The first-order chi connectivity index (χ1) is 10.9. The monoisotopic (exact) mass is 372 g/mol. The number of halogens is 1. The Hall–Kier alpha value is -1.61. The standard InChI is InChI=1S/C14H13ClN2O4S2/c1-8-14(19)16-10-3-2-9(15)6-11(10)17(8)23(20,21)13-4-5-22-12(13)7-18/h2-6,8,18H,7H2,1H3,(H,16,19). The highest BCUT2D eigenvalue weighted by atomic mass is 35.5. The smallest absolute Gasteiger partial charge is 0.266 e. The number of amides is 1. The van der Waals surface area contributed by atoms with Crippen LogP contribution in [0.15, 0.2) is 34.5 Å². The lowest BCUT2D eigenvalue weighted by atomic mass is 10.1. The van der Waals surface area contributed by atoms with Crippen LogP contribution in [0, 0.1) is 0 Å². The van der Waals surface area contributed by atoms with Crippen LogP contribution in [0.1, 0.15) is 11.8 Å². The maximum atomic E-state index is 13.1. The van der Waals surface area contributed by atoms with E-state index in [1.54, 1.807) is 17.5 Å². The van der Waals surface area contributed by atoms with E-state index in [9.17, 15) is 18.3 Å². The lowest BCUT2D eigenvalue weighted by Crippen LogP contribution is -2.49. The van der Waals surface area contributed by atoms with Crippen molar-refractivity contribution in [3.8, 4) is 0 Å². The lowest BCUT2D eigenvalue weighted by molar-refractivity contribution is -0.117. The van der Waals surface area contributed by atoms with Gasteiger partial charge in [0.1, 0.15) is 10.9 Å². The lowest BCUT2D eigenvalue weighted by Gasteiger charge is -2.35. The van der Waals surface area contributed by atoms with Crippen LogP contribution in [0.3, 0.4) is 0 Å². The molecule has 2 heterocycles. The average molecular weight is 373 g/mol. The van der Waals surface area contributed by atoms with Gasteiger partial charge in [0.05, 0.1) is 22.9 Å². The van der Waals surface area contributed by atoms with E-state index in [0.717, 1.165) is 15.6 Å². The molecule has 1 aliphatic rings. The van der Waals surface area contributed by atoms with E-state index < -0.39 is 22.0 Å². The zero-order chi connectivity index (χ0) is 16.8. The van der Waals surface area contributed by atoms with E-state index in [-0.39, 0.29) is 11.5 Å². The summed E-state index contributed by atoms with van der Waals surface area (Å²) in [5.74, 6) is -0.427. The van der Waals surface area contributed by atoms with Crippen LogP contribution < -0.4 is 9.62 Å². The molecule has 3 rings (SSSR count). The fourth-order valence-electron chi connectivity index (χ4n) is 2.46. The Labute approximate surface area is 142 Å². The summed E-state index contributed by atoms with van der Waals surface area (Å²) in [6, 6.07) is 5.12. The van der Waals surface area contributed by atoms with Gasteiger partial charge >= 0.3 is 0 Å². The van der Waals surface area contributed by atoms with E-state index in [4.69, 9.17) is 11.6 Å². The van der Waals surface area contributed by atoms with Gasteiger partial charge in [-0.1, -0.05) is 11.6 Å². The van der Waals surface area contributed by atoms with Crippen molar-refractivity contribution in [1.82, 2.24) is 0 Å². The molecule has 0 aliphatic carbocycles. The predicted octanol–water partition coefficient (Wildman–Crippen LogP) is 2.43. The number of hydrogen-bond acceptors (Lipinski definition) is 5. The van der Waals surface area contributed by atoms with Crippen molar-refractivity contribution in [2.75, 3.05) is 9.62 Å². The van der Waals surface area contributed by atoms with Crippen molar-refractivity contribution in [2.24, 2.45) is 0 Å². The average Bonchev–Trinajstić information content (AvgIpc) is 2.98. The minimum absolute atomic E-state index is 0.00234. The molecule has 0 saturated heterocycles. The molecule has 0 saturated carbocycles. The highest BCUT2D eigenvalue weighted by Crippen LogP contribution is 2.39. The number of fused-ring (bicyclic) bond motifs is 1. The molecule has 0 radical (unpaired) electrons. The largest absolute Gasteiger partial charge is 0.391 e. The molecule has 1 aromatic carbocycles. The topological polar surface area (TPSA) is 86.7 Å². The Morgan fingerprint density at radius 2 is 2.13 bits per heavy atom. The molecule has 6 nitrogen and oxygen atoms in total. The molecule has 122 valence electrons. The second-order valence-electron chi connectivity index (χ2n) is 4.99. The zero-order valence-corrected chi connectivity index (χ0v) is 14.4. The summed E-state index contributed by atoms with van der Waals surface area (Å²) in [6.45, 7) is 1.12. The molecular formula is C14H13ClN2O4S2. The molecule has 0 bridgehead atoms. The summed E-state index contributed by atoms with van der Waals surface area (Å²) in [5, 5.41) is 14.0. The van der Waals surface area contributed by atoms with Gasteiger partial charge in [-0.25, -0.2) is 8.42 Å². The summed E-state index contributed by atoms with van der Waals surface area (Å²) in [7, 11) is -4.01. The van der Waals surface area contributed by atoms with Crippen LogP contribution in [0.4, 0.5) is 11.4 Å². The summed E-state index contributed by atoms with van der Waals surface area (Å²) in [6.07, 6.45) is 0. The van der Waals surface area contributed by atoms with Crippen LogP contribution in [0.5, 0.6) is 0 Å². The van der Waals surface area contributed by atoms with Gasteiger partial charge < -0.3 is 10.4 Å². The molecule has 23 heavy (non-hydrogen) atoms. The molecule has 1 aromatic heterocycles.